The van der Waals surface area contributed by atoms with Crippen LogP contribution in [-0.2, 0) is 0 Å². The molecule has 0 N–H and O–H groups in total. The fourth-order valence-electron chi connectivity index (χ4n) is 2.76. The van der Waals surface area contributed by atoms with Gasteiger partial charge < -0.3 is 0 Å². The molecule has 4 rings (SSSR count). The number of hydrogen-bond acceptors (Lipinski definition) is 0. The van der Waals surface area contributed by atoms with Gasteiger partial charge in [-0.1, -0.05) is 48.5 Å². The standard InChI is InChI=1S/C18H11F.H3P/c19-17-7-3-6-12-8-9-15-10-13-4-1-2-5-14(13)11-16(15)18(12)17;/h1-11H;1H3. The van der Waals surface area contributed by atoms with Crippen LogP contribution >= 0.6 is 9.90 Å². The van der Waals surface area contributed by atoms with Gasteiger partial charge in [-0.15, -0.1) is 0 Å². The van der Waals surface area contributed by atoms with Crippen LogP contribution in [0.1, 0.15) is 0 Å². The molecule has 98 valence electrons. The SMILES string of the molecule is Fc1cccc2ccc3cc4ccccc4cc3c12.P. The molecule has 0 fully saturated rings. The van der Waals surface area contributed by atoms with Gasteiger partial charge in [0.2, 0.25) is 0 Å². The molecule has 0 spiro atoms. The maximum atomic E-state index is 14.1. The molecule has 0 amide bonds. The van der Waals surface area contributed by atoms with E-state index in [0.29, 0.717) is 5.39 Å². The Morgan fingerprint density at radius 3 is 2.05 bits per heavy atom. The van der Waals surface area contributed by atoms with Crippen molar-refractivity contribution >= 4 is 42.2 Å². The molecule has 2 heteroatoms. The molecular weight excluding hydrogens is 266 g/mol. The quantitative estimate of drug-likeness (QED) is 0.231. The second kappa shape index (κ2) is 4.85. The summed E-state index contributed by atoms with van der Waals surface area (Å²) >= 11 is 0. The molecule has 0 aliphatic heterocycles. The zero-order valence-corrected chi connectivity index (χ0v) is 12.4. The maximum Gasteiger partial charge on any atom is 0.131 e. The van der Waals surface area contributed by atoms with Gasteiger partial charge in [0, 0.05) is 5.39 Å². The van der Waals surface area contributed by atoms with Crippen molar-refractivity contribution < 1.29 is 4.39 Å². The summed E-state index contributed by atoms with van der Waals surface area (Å²) in [5, 5.41) is 6.05. The van der Waals surface area contributed by atoms with E-state index < -0.39 is 0 Å². The van der Waals surface area contributed by atoms with Crippen LogP contribution in [0.5, 0.6) is 0 Å². The third-order valence-corrected chi connectivity index (χ3v) is 3.68. The largest absolute Gasteiger partial charge is 0.206 e. The van der Waals surface area contributed by atoms with Gasteiger partial charge in [0.15, 0.2) is 0 Å². The lowest BCUT2D eigenvalue weighted by atomic mass is 9.98. The summed E-state index contributed by atoms with van der Waals surface area (Å²) in [6.45, 7) is 0. The highest BCUT2D eigenvalue weighted by atomic mass is 31.0. The summed E-state index contributed by atoms with van der Waals surface area (Å²) in [5.74, 6) is -0.154. The third kappa shape index (κ3) is 1.87. The fraction of sp³-hybridized carbons (Fsp3) is 0. The number of halogens is 1. The van der Waals surface area contributed by atoms with Crippen molar-refractivity contribution in [3.8, 4) is 0 Å². The van der Waals surface area contributed by atoms with E-state index in [0.717, 1.165) is 21.5 Å². The van der Waals surface area contributed by atoms with Gasteiger partial charge in [-0.05, 0) is 45.1 Å². The first-order valence-electron chi connectivity index (χ1n) is 6.33. The normalized spacial score (nSPS) is 10.8. The number of benzene rings is 4. The lowest BCUT2D eigenvalue weighted by Gasteiger charge is -2.07. The summed E-state index contributed by atoms with van der Waals surface area (Å²) in [6.07, 6.45) is 0. The Hall–Kier alpha value is -1.98. The first-order chi connectivity index (χ1) is 9.33. The summed E-state index contributed by atoms with van der Waals surface area (Å²) in [6, 6.07) is 21.7. The Labute approximate surface area is 119 Å². The molecule has 0 aromatic heterocycles. The van der Waals surface area contributed by atoms with E-state index in [4.69, 9.17) is 0 Å². The summed E-state index contributed by atoms with van der Waals surface area (Å²) < 4.78 is 14.1. The average Bonchev–Trinajstić information content (AvgIpc) is 2.45. The average molecular weight is 280 g/mol. The number of rotatable bonds is 0. The van der Waals surface area contributed by atoms with Crippen LogP contribution in [0.25, 0.3) is 32.3 Å². The maximum absolute atomic E-state index is 14.1. The van der Waals surface area contributed by atoms with E-state index in [9.17, 15) is 4.39 Å². The fourth-order valence-corrected chi connectivity index (χ4v) is 2.76. The molecule has 0 aliphatic rings. The van der Waals surface area contributed by atoms with Gasteiger partial charge in [-0.2, -0.15) is 9.90 Å². The Kier molecular flexibility index (Phi) is 3.16. The highest BCUT2D eigenvalue weighted by Crippen LogP contribution is 2.30. The van der Waals surface area contributed by atoms with Crippen LogP contribution in [0.15, 0.2) is 66.7 Å². The lowest BCUT2D eigenvalue weighted by Crippen LogP contribution is -1.83. The molecule has 0 saturated carbocycles. The summed E-state index contributed by atoms with van der Waals surface area (Å²) in [7, 11) is 0. The molecule has 1 unspecified atom stereocenters. The minimum Gasteiger partial charge on any atom is -0.206 e. The second-order valence-electron chi connectivity index (χ2n) is 4.82. The predicted molar refractivity (Wildman–Crippen MR) is 90.0 cm³/mol. The van der Waals surface area contributed by atoms with E-state index in [1.54, 1.807) is 6.07 Å². The minimum atomic E-state index is -0.154. The summed E-state index contributed by atoms with van der Waals surface area (Å²) in [4.78, 5) is 0. The van der Waals surface area contributed by atoms with E-state index in [-0.39, 0.29) is 15.7 Å². The molecule has 4 aromatic carbocycles. The van der Waals surface area contributed by atoms with Crippen LogP contribution < -0.4 is 0 Å². The summed E-state index contributed by atoms with van der Waals surface area (Å²) in [5.41, 5.74) is 0. The van der Waals surface area contributed by atoms with Crippen molar-refractivity contribution in [1.82, 2.24) is 0 Å². The monoisotopic (exact) mass is 280 g/mol. The van der Waals surface area contributed by atoms with Gasteiger partial charge in [0.05, 0.1) is 0 Å². The molecule has 0 radical (unpaired) electrons. The smallest absolute Gasteiger partial charge is 0.131 e. The van der Waals surface area contributed by atoms with Crippen molar-refractivity contribution in [2.24, 2.45) is 0 Å². The van der Waals surface area contributed by atoms with Crippen molar-refractivity contribution in [2.75, 3.05) is 0 Å². The van der Waals surface area contributed by atoms with Crippen molar-refractivity contribution in [3.05, 3.63) is 72.5 Å². The topological polar surface area (TPSA) is 0 Å². The lowest BCUT2D eigenvalue weighted by molar-refractivity contribution is 0.640. The van der Waals surface area contributed by atoms with Gasteiger partial charge in [0.1, 0.15) is 5.82 Å². The predicted octanol–water partition coefficient (Wildman–Crippen LogP) is 5.34. The molecule has 0 bridgehead atoms. The molecule has 0 nitrogen and oxygen atoms in total. The van der Waals surface area contributed by atoms with Crippen LogP contribution in [0.2, 0.25) is 0 Å². The number of fused-ring (bicyclic) bond motifs is 4. The minimum absolute atomic E-state index is 0. The molecule has 0 saturated heterocycles. The van der Waals surface area contributed by atoms with Gasteiger partial charge >= 0.3 is 0 Å². The number of hydrogen-bond donors (Lipinski definition) is 0. The Balaban J connectivity index is 0.00000121. The zero-order valence-electron chi connectivity index (χ0n) is 10.9. The van der Waals surface area contributed by atoms with Crippen LogP contribution in [0.4, 0.5) is 4.39 Å². The van der Waals surface area contributed by atoms with E-state index in [1.807, 2.05) is 24.3 Å². The van der Waals surface area contributed by atoms with Gasteiger partial charge in [0.25, 0.3) is 0 Å². The highest BCUT2D eigenvalue weighted by Gasteiger charge is 2.06. The molecule has 0 heterocycles. The first-order valence-corrected chi connectivity index (χ1v) is 6.33. The van der Waals surface area contributed by atoms with Crippen molar-refractivity contribution in [2.45, 2.75) is 0 Å². The van der Waals surface area contributed by atoms with E-state index in [2.05, 4.69) is 30.3 Å². The molecule has 0 aliphatic carbocycles. The van der Waals surface area contributed by atoms with Crippen LogP contribution in [0.3, 0.4) is 0 Å². The van der Waals surface area contributed by atoms with Crippen molar-refractivity contribution in [1.29, 1.82) is 0 Å². The van der Waals surface area contributed by atoms with Crippen LogP contribution in [0, 0.1) is 5.82 Å². The first kappa shape index (κ1) is 13.0. The molecule has 20 heavy (non-hydrogen) atoms. The highest BCUT2D eigenvalue weighted by molar-refractivity contribution is 6.92. The van der Waals surface area contributed by atoms with E-state index in [1.165, 1.54) is 11.5 Å². The molecule has 4 aromatic rings. The zero-order chi connectivity index (χ0) is 12.8. The van der Waals surface area contributed by atoms with Gasteiger partial charge in [-0.25, -0.2) is 4.39 Å². The molecule has 1 atom stereocenters. The van der Waals surface area contributed by atoms with Gasteiger partial charge in [-0.3, -0.25) is 0 Å². The van der Waals surface area contributed by atoms with Crippen LogP contribution in [-0.4, -0.2) is 0 Å². The Bertz CT molecular complexity index is 928. The third-order valence-electron chi connectivity index (χ3n) is 3.68. The Morgan fingerprint density at radius 1 is 0.600 bits per heavy atom. The molecular formula is C18H14FP. The second-order valence-corrected chi connectivity index (χ2v) is 4.82. The van der Waals surface area contributed by atoms with E-state index >= 15 is 0 Å². The Morgan fingerprint density at radius 2 is 1.25 bits per heavy atom. The van der Waals surface area contributed by atoms with Crippen molar-refractivity contribution in [3.63, 3.8) is 0 Å².